The molecule has 26 heavy (non-hydrogen) atoms. The van der Waals surface area contributed by atoms with Crippen molar-refractivity contribution >= 4 is 16.0 Å². The van der Waals surface area contributed by atoms with Crippen LogP contribution in [0.5, 0.6) is 0 Å². The number of nitrogens with one attached hydrogen (secondary N) is 1. The number of rotatable bonds is 9. The third-order valence-corrected chi connectivity index (χ3v) is 7.24. The van der Waals surface area contributed by atoms with E-state index >= 15 is 0 Å². The highest BCUT2D eigenvalue weighted by atomic mass is 32.2. The number of carboxylic acids is 1. The number of benzene rings is 1. The fourth-order valence-corrected chi connectivity index (χ4v) is 5.90. The fraction of sp³-hybridized carbons (Fsp3) is 0.550. The number of hydrogen-bond acceptors (Lipinski definition) is 3. The zero-order chi connectivity index (χ0) is 18.6. The summed E-state index contributed by atoms with van der Waals surface area (Å²) in [6.07, 6.45) is 10.00. The van der Waals surface area contributed by atoms with E-state index in [0.29, 0.717) is 29.1 Å². The second-order valence-electron chi connectivity index (χ2n) is 7.45. The van der Waals surface area contributed by atoms with Crippen LogP contribution in [0.15, 0.2) is 47.4 Å². The SMILES string of the molecule is O=C(O)CCC/C=C\C[C@H]1[C@@H]2CC[C@@H](C2)[C@@H]1NS(=O)(=O)c1ccccc1. The number of fused-ring (bicyclic) bond motifs is 2. The van der Waals surface area contributed by atoms with Crippen molar-refractivity contribution in [3.8, 4) is 0 Å². The van der Waals surface area contributed by atoms with Crippen LogP contribution < -0.4 is 4.72 Å². The van der Waals surface area contributed by atoms with Crippen LogP contribution in [0.1, 0.15) is 44.9 Å². The highest BCUT2D eigenvalue weighted by Crippen LogP contribution is 2.50. The Morgan fingerprint density at radius 1 is 1.15 bits per heavy atom. The predicted molar refractivity (Wildman–Crippen MR) is 100 cm³/mol. The highest BCUT2D eigenvalue weighted by Gasteiger charge is 2.48. The van der Waals surface area contributed by atoms with E-state index in [9.17, 15) is 13.2 Å². The Bertz CT molecular complexity index is 744. The number of carboxylic acid groups (broad SMARTS) is 1. The van der Waals surface area contributed by atoms with Gasteiger partial charge in [-0.15, -0.1) is 0 Å². The quantitative estimate of drug-likeness (QED) is 0.509. The zero-order valence-corrected chi connectivity index (χ0v) is 15.7. The van der Waals surface area contributed by atoms with Gasteiger partial charge in [-0.05, 0) is 68.4 Å². The summed E-state index contributed by atoms with van der Waals surface area (Å²) < 4.78 is 28.4. The highest BCUT2D eigenvalue weighted by molar-refractivity contribution is 7.89. The average Bonchev–Trinajstić information content (AvgIpc) is 3.20. The summed E-state index contributed by atoms with van der Waals surface area (Å²) in [5.41, 5.74) is 0. The summed E-state index contributed by atoms with van der Waals surface area (Å²) >= 11 is 0. The van der Waals surface area contributed by atoms with Crippen LogP contribution in [-0.2, 0) is 14.8 Å². The molecule has 2 aliphatic carbocycles. The predicted octanol–water partition coefficient (Wildman–Crippen LogP) is 3.58. The molecule has 0 aromatic heterocycles. The third kappa shape index (κ3) is 4.54. The van der Waals surface area contributed by atoms with Gasteiger partial charge in [0, 0.05) is 12.5 Å². The van der Waals surface area contributed by atoms with Gasteiger partial charge in [0.15, 0.2) is 0 Å². The van der Waals surface area contributed by atoms with Crippen molar-refractivity contribution in [1.82, 2.24) is 4.72 Å². The molecule has 3 rings (SSSR count). The standard InChI is InChI=1S/C20H27NO4S/c22-19(23)11-7-2-1-6-10-18-15-12-13-16(14-15)20(18)21-26(24,25)17-8-4-3-5-9-17/h1,3-6,8-9,15-16,18,20-21H,2,7,10-14H2,(H,22,23)/b6-1-/t15-,16+,18+,20+/m1/s1. The minimum absolute atomic E-state index is 0.00243. The Morgan fingerprint density at radius 3 is 2.62 bits per heavy atom. The molecule has 2 bridgehead atoms. The van der Waals surface area contributed by atoms with E-state index in [1.165, 1.54) is 6.42 Å². The van der Waals surface area contributed by atoms with E-state index < -0.39 is 16.0 Å². The second-order valence-corrected chi connectivity index (χ2v) is 9.16. The molecule has 2 aliphatic rings. The lowest BCUT2D eigenvalue weighted by Gasteiger charge is -2.31. The second kappa shape index (κ2) is 8.35. The first-order chi connectivity index (χ1) is 12.5. The van der Waals surface area contributed by atoms with E-state index in [0.717, 1.165) is 25.7 Å². The minimum Gasteiger partial charge on any atom is -0.481 e. The molecule has 2 fully saturated rings. The molecule has 0 aliphatic heterocycles. The van der Waals surface area contributed by atoms with Crippen LogP contribution in [0.25, 0.3) is 0 Å². The fourth-order valence-electron chi connectivity index (χ4n) is 4.52. The van der Waals surface area contributed by atoms with Crippen molar-refractivity contribution in [3.05, 3.63) is 42.5 Å². The van der Waals surface area contributed by atoms with Gasteiger partial charge >= 0.3 is 5.97 Å². The molecule has 0 amide bonds. The maximum Gasteiger partial charge on any atom is 0.303 e. The first-order valence-electron chi connectivity index (χ1n) is 9.41. The molecule has 142 valence electrons. The summed E-state index contributed by atoms with van der Waals surface area (Å²) in [6, 6.07) is 8.57. The van der Waals surface area contributed by atoms with Crippen molar-refractivity contribution in [3.63, 3.8) is 0 Å². The molecule has 0 unspecified atom stereocenters. The van der Waals surface area contributed by atoms with Crippen molar-refractivity contribution in [2.24, 2.45) is 17.8 Å². The Kier molecular flexibility index (Phi) is 6.14. The normalized spacial score (nSPS) is 28.0. The molecule has 0 heterocycles. The first kappa shape index (κ1) is 19.1. The Labute approximate surface area is 155 Å². The van der Waals surface area contributed by atoms with Crippen LogP contribution in [0.4, 0.5) is 0 Å². The van der Waals surface area contributed by atoms with E-state index in [1.807, 2.05) is 12.1 Å². The van der Waals surface area contributed by atoms with Crippen LogP contribution >= 0.6 is 0 Å². The minimum atomic E-state index is -3.49. The molecule has 0 spiro atoms. The lowest BCUT2D eigenvalue weighted by molar-refractivity contribution is -0.137. The molecule has 5 nitrogen and oxygen atoms in total. The lowest BCUT2D eigenvalue weighted by Crippen LogP contribution is -2.43. The molecular weight excluding hydrogens is 350 g/mol. The number of unbranched alkanes of at least 4 members (excludes halogenated alkanes) is 1. The summed E-state index contributed by atoms with van der Waals surface area (Å²) in [7, 11) is -3.49. The van der Waals surface area contributed by atoms with Gasteiger partial charge in [-0.3, -0.25) is 4.79 Å². The molecule has 1 aromatic rings. The number of aliphatic carboxylic acids is 1. The van der Waals surface area contributed by atoms with Crippen LogP contribution in [0.2, 0.25) is 0 Å². The van der Waals surface area contributed by atoms with E-state index in [2.05, 4.69) is 10.8 Å². The van der Waals surface area contributed by atoms with Gasteiger partial charge in [0.1, 0.15) is 0 Å². The van der Waals surface area contributed by atoms with Crippen molar-refractivity contribution in [1.29, 1.82) is 0 Å². The van der Waals surface area contributed by atoms with Crippen molar-refractivity contribution in [2.45, 2.75) is 55.9 Å². The number of hydrogen-bond donors (Lipinski definition) is 2. The van der Waals surface area contributed by atoms with Gasteiger partial charge < -0.3 is 5.11 Å². The maximum atomic E-state index is 12.7. The van der Waals surface area contributed by atoms with Gasteiger partial charge in [-0.25, -0.2) is 13.1 Å². The summed E-state index contributed by atoms with van der Waals surface area (Å²) in [6.45, 7) is 0. The van der Waals surface area contributed by atoms with Crippen LogP contribution in [0, 0.1) is 17.8 Å². The summed E-state index contributed by atoms with van der Waals surface area (Å²) in [5, 5.41) is 8.66. The van der Waals surface area contributed by atoms with E-state index in [4.69, 9.17) is 5.11 Å². The number of allylic oxidation sites excluding steroid dienone is 2. The van der Waals surface area contributed by atoms with Gasteiger partial charge in [0.25, 0.3) is 0 Å². The number of sulfonamides is 1. The van der Waals surface area contributed by atoms with Crippen LogP contribution in [0.3, 0.4) is 0 Å². The maximum absolute atomic E-state index is 12.7. The topological polar surface area (TPSA) is 83.5 Å². The van der Waals surface area contributed by atoms with Gasteiger partial charge in [-0.1, -0.05) is 30.4 Å². The molecule has 0 saturated heterocycles. The molecule has 2 N–H and O–H groups in total. The largest absolute Gasteiger partial charge is 0.481 e. The van der Waals surface area contributed by atoms with Gasteiger partial charge in [0.2, 0.25) is 10.0 Å². The lowest BCUT2D eigenvalue weighted by atomic mass is 9.83. The van der Waals surface area contributed by atoms with Crippen molar-refractivity contribution in [2.75, 3.05) is 0 Å². The molecule has 2 saturated carbocycles. The third-order valence-electron chi connectivity index (χ3n) is 5.77. The smallest absolute Gasteiger partial charge is 0.303 e. The molecule has 1 aromatic carbocycles. The first-order valence-corrected chi connectivity index (χ1v) is 10.9. The van der Waals surface area contributed by atoms with E-state index in [-0.39, 0.29) is 12.5 Å². The van der Waals surface area contributed by atoms with E-state index in [1.54, 1.807) is 24.3 Å². The molecule has 4 atom stereocenters. The summed E-state index contributed by atoms with van der Waals surface area (Å²) in [5.74, 6) is 0.598. The number of carbonyl (C=O) groups is 1. The monoisotopic (exact) mass is 377 g/mol. The van der Waals surface area contributed by atoms with Crippen molar-refractivity contribution < 1.29 is 18.3 Å². The zero-order valence-electron chi connectivity index (χ0n) is 14.9. The summed E-state index contributed by atoms with van der Waals surface area (Å²) in [4.78, 5) is 10.9. The Morgan fingerprint density at radius 2 is 1.88 bits per heavy atom. The van der Waals surface area contributed by atoms with Gasteiger partial charge in [-0.2, -0.15) is 0 Å². The Hall–Kier alpha value is -1.66. The molecule has 6 heteroatoms. The van der Waals surface area contributed by atoms with Crippen LogP contribution in [-0.4, -0.2) is 25.5 Å². The average molecular weight is 378 g/mol. The molecule has 0 radical (unpaired) electrons. The van der Waals surface area contributed by atoms with Gasteiger partial charge in [0.05, 0.1) is 4.90 Å². The molecular formula is C20H27NO4S. The Balaban J connectivity index is 1.60.